The normalized spacial score (nSPS) is 26.8. The SMILES string of the molecule is O=CN1CCCC1CO. The molecule has 1 fully saturated rings. The summed E-state index contributed by atoms with van der Waals surface area (Å²) in [6.07, 6.45) is 2.80. The van der Waals surface area contributed by atoms with Crippen molar-refractivity contribution in [3.63, 3.8) is 0 Å². The van der Waals surface area contributed by atoms with E-state index in [1.165, 1.54) is 0 Å². The molecule has 1 aliphatic rings. The van der Waals surface area contributed by atoms with Crippen LogP contribution >= 0.6 is 0 Å². The van der Waals surface area contributed by atoms with Crippen molar-refractivity contribution in [2.75, 3.05) is 13.2 Å². The average molecular weight is 129 g/mol. The number of hydrogen-bond acceptors (Lipinski definition) is 2. The van der Waals surface area contributed by atoms with Crippen molar-refractivity contribution < 1.29 is 9.90 Å². The van der Waals surface area contributed by atoms with Crippen LogP contribution in [0.1, 0.15) is 12.8 Å². The maximum absolute atomic E-state index is 10.2. The highest BCUT2D eigenvalue weighted by Crippen LogP contribution is 2.13. The fourth-order valence-corrected chi connectivity index (χ4v) is 1.19. The van der Waals surface area contributed by atoms with E-state index in [4.69, 9.17) is 5.11 Å². The van der Waals surface area contributed by atoms with Crippen LogP contribution in [0, 0.1) is 0 Å². The Hall–Kier alpha value is -0.570. The first kappa shape index (κ1) is 6.55. The third-order valence-corrected chi connectivity index (χ3v) is 1.77. The second-order valence-electron chi connectivity index (χ2n) is 2.32. The second kappa shape index (κ2) is 2.82. The Labute approximate surface area is 54.3 Å². The van der Waals surface area contributed by atoms with Crippen molar-refractivity contribution in [2.24, 2.45) is 0 Å². The molecule has 1 aliphatic heterocycles. The standard InChI is InChI=1S/C6H11NO2/c8-4-6-2-1-3-7(6)5-9/h5-6,8H,1-4H2. The molecule has 1 heterocycles. The van der Waals surface area contributed by atoms with Crippen LogP contribution in [0.25, 0.3) is 0 Å². The Kier molecular flexibility index (Phi) is 2.05. The van der Waals surface area contributed by atoms with Crippen molar-refractivity contribution in [1.29, 1.82) is 0 Å². The quantitative estimate of drug-likeness (QED) is 0.515. The summed E-state index contributed by atoms with van der Waals surface area (Å²) in [5, 5.41) is 8.67. The van der Waals surface area contributed by atoms with Gasteiger partial charge in [-0.3, -0.25) is 4.79 Å². The Morgan fingerprint density at radius 2 is 2.56 bits per heavy atom. The number of rotatable bonds is 2. The number of amides is 1. The van der Waals surface area contributed by atoms with Crippen molar-refractivity contribution in [3.8, 4) is 0 Å². The van der Waals surface area contributed by atoms with E-state index in [1.807, 2.05) is 0 Å². The Morgan fingerprint density at radius 3 is 3.00 bits per heavy atom. The van der Waals surface area contributed by atoms with Crippen LogP contribution < -0.4 is 0 Å². The van der Waals surface area contributed by atoms with Gasteiger partial charge in [-0.05, 0) is 12.8 Å². The Bertz CT molecular complexity index is 105. The third-order valence-electron chi connectivity index (χ3n) is 1.77. The van der Waals surface area contributed by atoms with Crippen molar-refractivity contribution in [2.45, 2.75) is 18.9 Å². The van der Waals surface area contributed by atoms with E-state index in [0.29, 0.717) is 0 Å². The maximum Gasteiger partial charge on any atom is 0.210 e. The number of carbonyl (C=O) groups is 1. The lowest BCUT2D eigenvalue weighted by molar-refractivity contribution is -0.119. The molecule has 0 spiro atoms. The molecule has 0 aromatic heterocycles. The van der Waals surface area contributed by atoms with Crippen molar-refractivity contribution in [1.82, 2.24) is 4.90 Å². The van der Waals surface area contributed by atoms with E-state index in [0.717, 1.165) is 25.8 Å². The highest BCUT2D eigenvalue weighted by Gasteiger charge is 2.21. The predicted octanol–water partition coefficient (Wildman–Crippen LogP) is -0.401. The van der Waals surface area contributed by atoms with E-state index >= 15 is 0 Å². The Morgan fingerprint density at radius 1 is 1.78 bits per heavy atom. The summed E-state index contributed by atoms with van der Waals surface area (Å²) >= 11 is 0. The molecule has 0 aromatic rings. The minimum absolute atomic E-state index is 0.0995. The van der Waals surface area contributed by atoms with E-state index < -0.39 is 0 Å². The third kappa shape index (κ3) is 1.21. The van der Waals surface area contributed by atoms with Crippen LogP contribution in [-0.4, -0.2) is 35.6 Å². The first-order valence-electron chi connectivity index (χ1n) is 3.20. The zero-order valence-electron chi connectivity index (χ0n) is 5.29. The topological polar surface area (TPSA) is 40.5 Å². The molecule has 3 nitrogen and oxygen atoms in total. The molecule has 1 saturated heterocycles. The molecule has 1 unspecified atom stereocenters. The Balaban J connectivity index is 2.41. The van der Waals surface area contributed by atoms with Gasteiger partial charge in [-0.25, -0.2) is 0 Å². The largest absolute Gasteiger partial charge is 0.394 e. The predicted molar refractivity (Wildman–Crippen MR) is 32.9 cm³/mol. The zero-order chi connectivity index (χ0) is 6.69. The number of aliphatic hydroxyl groups excluding tert-OH is 1. The van der Waals surface area contributed by atoms with Gasteiger partial charge >= 0.3 is 0 Å². The number of nitrogens with zero attached hydrogens (tertiary/aromatic N) is 1. The van der Waals surface area contributed by atoms with Crippen LogP contribution in [0.4, 0.5) is 0 Å². The highest BCUT2D eigenvalue weighted by molar-refractivity contribution is 5.48. The maximum atomic E-state index is 10.2. The molecule has 0 aromatic carbocycles. The number of carbonyl (C=O) groups excluding carboxylic acids is 1. The van der Waals surface area contributed by atoms with Crippen LogP contribution in [0.2, 0.25) is 0 Å². The summed E-state index contributed by atoms with van der Waals surface area (Å²) in [5.74, 6) is 0. The fraction of sp³-hybridized carbons (Fsp3) is 0.833. The second-order valence-corrected chi connectivity index (χ2v) is 2.32. The molecular weight excluding hydrogens is 118 g/mol. The van der Waals surface area contributed by atoms with Crippen LogP contribution in [-0.2, 0) is 4.79 Å². The molecule has 3 heteroatoms. The van der Waals surface area contributed by atoms with Gasteiger partial charge in [0.2, 0.25) is 6.41 Å². The van der Waals surface area contributed by atoms with Crippen LogP contribution in [0.3, 0.4) is 0 Å². The van der Waals surface area contributed by atoms with E-state index in [-0.39, 0.29) is 12.6 Å². The summed E-state index contributed by atoms with van der Waals surface area (Å²) in [5.41, 5.74) is 0. The molecule has 9 heavy (non-hydrogen) atoms. The summed E-state index contributed by atoms with van der Waals surface area (Å²) < 4.78 is 0. The van der Waals surface area contributed by atoms with Gasteiger partial charge in [0.1, 0.15) is 0 Å². The first-order valence-corrected chi connectivity index (χ1v) is 3.20. The van der Waals surface area contributed by atoms with Gasteiger partial charge in [0.15, 0.2) is 0 Å². The van der Waals surface area contributed by atoms with Gasteiger partial charge in [0.25, 0.3) is 0 Å². The molecule has 1 rings (SSSR count). The van der Waals surface area contributed by atoms with Gasteiger partial charge < -0.3 is 10.0 Å². The highest BCUT2D eigenvalue weighted by atomic mass is 16.3. The number of aliphatic hydroxyl groups is 1. The fourth-order valence-electron chi connectivity index (χ4n) is 1.19. The molecule has 0 radical (unpaired) electrons. The van der Waals surface area contributed by atoms with Crippen molar-refractivity contribution in [3.05, 3.63) is 0 Å². The lowest BCUT2D eigenvalue weighted by atomic mass is 10.2. The summed E-state index contributed by atoms with van der Waals surface area (Å²) in [6.45, 7) is 0.924. The lowest BCUT2D eigenvalue weighted by Gasteiger charge is -2.16. The lowest BCUT2D eigenvalue weighted by Crippen LogP contribution is -2.30. The van der Waals surface area contributed by atoms with E-state index in [2.05, 4.69) is 0 Å². The van der Waals surface area contributed by atoms with Crippen LogP contribution in [0.5, 0.6) is 0 Å². The molecule has 0 bridgehead atoms. The summed E-state index contributed by atoms with van der Waals surface area (Å²) in [4.78, 5) is 11.8. The number of likely N-dealkylation sites (tertiary alicyclic amines) is 1. The minimum atomic E-state index is 0.0995. The monoisotopic (exact) mass is 129 g/mol. The average Bonchev–Trinajstić information content (AvgIpc) is 2.33. The van der Waals surface area contributed by atoms with Gasteiger partial charge in [0.05, 0.1) is 12.6 Å². The molecule has 1 N–H and O–H groups in total. The minimum Gasteiger partial charge on any atom is -0.394 e. The van der Waals surface area contributed by atoms with Gasteiger partial charge in [0, 0.05) is 6.54 Å². The summed E-state index contributed by atoms with van der Waals surface area (Å²) in [6, 6.07) is 0.0995. The molecular formula is C6H11NO2. The molecule has 1 amide bonds. The number of hydrogen-bond donors (Lipinski definition) is 1. The molecule has 52 valence electrons. The van der Waals surface area contributed by atoms with Gasteiger partial charge in [-0.15, -0.1) is 0 Å². The van der Waals surface area contributed by atoms with E-state index in [9.17, 15) is 4.79 Å². The summed E-state index contributed by atoms with van der Waals surface area (Å²) in [7, 11) is 0. The molecule has 0 aliphatic carbocycles. The first-order chi connectivity index (χ1) is 4.38. The van der Waals surface area contributed by atoms with Crippen LogP contribution in [0.15, 0.2) is 0 Å². The smallest absolute Gasteiger partial charge is 0.210 e. The zero-order valence-corrected chi connectivity index (χ0v) is 5.29. The van der Waals surface area contributed by atoms with Gasteiger partial charge in [-0.2, -0.15) is 0 Å². The van der Waals surface area contributed by atoms with E-state index in [1.54, 1.807) is 4.90 Å². The molecule has 1 atom stereocenters. The molecule has 0 saturated carbocycles. The van der Waals surface area contributed by atoms with Gasteiger partial charge in [-0.1, -0.05) is 0 Å². The van der Waals surface area contributed by atoms with Crippen molar-refractivity contribution >= 4 is 6.41 Å².